The van der Waals surface area contributed by atoms with Crippen LogP contribution in [0.25, 0.3) is 0 Å². The first-order valence-electron chi connectivity index (χ1n) is 26.6. The van der Waals surface area contributed by atoms with Gasteiger partial charge in [0.15, 0.2) is 6.04 Å². The number of unbranched alkanes of at least 4 members (excludes halogenated alkanes) is 14. The van der Waals surface area contributed by atoms with Crippen molar-refractivity contribution in [3.63, 3.8) is 0 Å². The number of ether oxygens (including phenoxy) is 1. The highest BCUT2D eigenvalue weighted by Crippen LogP contribution is 2.43. The molecule has 1 amide bonds. The molecule has 0 fully saturated rings. The van der Waals surface area contributed by atoms with Crippen molar-refractivity contribution in [1.29, 1.82) is 0 Å². The molecule has 0 aromatic carbocycles. The quantitative estimate of drug-likeness (QED) is 0.0199. The number of carboxylic acids is 1. The first-order valence-corrected chi connectivity index (χ1v) is 28.1. The Morgan fingerprint density at radius 2 is 0.786 bits per heavy atom. The molecule has 0 heterocycles. The van der Waals surface area contributed by atoms with E-state index in [-0.39, 0.29) is 12.8 Å². The van der Waals surface area contributed by atoms with Gasteiger partial charge < -0.3 is 25.2 Å². The summed E-state index contributed by atoms with van der Waals surface area (Å²) in [6.45, 7) is 2.35. The van der Waals surface area contributed by atoms with E-state index < -0.39 is 57.6 Å². The number of aliphatic hydroxyl groups is 1. The van der Waals surface area contributed by atoms with E-state index in [0.29, 0.717) is 12.8 Å². The smallest absolute Gasteiger partial charge is 0.472 e. The van der Waals surface area contributed by atoms with Crippen molar-refractivity contribution in [2.24, 2.45) is 0 Å². The molecule has 0 saturated heterocycles. The Bertz CT molecular complexity index is 1640. The minimum absolute atomic E-state index is 0.125. The number of aliphatic carboxylic acids is 1. The Balaban J connectivity index is 3.89. The molecule has 11 nitrogen and oxygen atoms in total. The highest BCUT2D eigenvalue weighted by atomic mass is 31.2. The number of carbonyl (C=O) groups is 3. The molecule has 0 aliphatic carbocycles. The number of aliphatic hydroxyl groups excluding tert-OH is 1. The highest BCUT2D eigenvalue weighted by molar-refractivity contribution is 7.47. The Kier molecular flexibility index (Phi) is 48.2. The summed E-state index contributed by atoms with van der Waals surface area (Å²) in [6.07, 6.45) is 69.2. The summed E-state index contributed by atoms with van der Waals surface area (Å²) in [5.74, 6) is -2.41. The van der Waals surface area contributed by atoms with E-state index in [9.17, 15) is 34.1 Å². The van der Waals surface area contributed by atoms with Gasteiger partial charge in [-0.1, -0.05) is 200 Å². The molecule has 4 N–H and O–H groups in total. The van der Waals surface area contributed by atoms with Crippen molar-refractivity contribution in [2.75, 3.05) is 19.8 Å². The number of hydrogen-bond acceptors (Lipinski definition) is 8. The molecule has 0 spiro atoms. The maximum Gasteiger partial charge on any atom is 0.472 e. The number of rotatable bonds is 48. The van der Waals surface area contributed by atoms with Gasteiger partial charge in [0.1, 0.15) is 12.7 Å². The van der Waals surface area contributed by atoms with Gasteiger partial charge in [-0.05, 0) is 103 Å². The van der Waals surface area contributed by atoms with Crippen LogP contribution >= 0.6 is 7.82 Å². The lowest BCUT2D eigenvalue weighted by atomic mass is 10.1. The van der Waals surface area contributed by atoms with Crippen LogP contribution in [0.3, 0.4) is 0 Å². The Hall–Kier alpha value is -4.12. The molecule has 12 heteroatoms. The minimum Gasteiger partial charge on any atom is -0.480 e. The first kappa shape index (κ1) is 65.9. The SMILES string of the molecule is CC/C=C\C/C=C\C/C=C\C/C=C\C/C=C\CCCCCCCCCC(=O)NC(COP(=O)(O)OCC(O)COC(=O)CCCCCCCCC/C=C\C/C=C\C/C=C\C/C=C\C/C=C\CC)C(=O)O. The van der Waals surface area contributed by atoms with Gasteiger partial charge in [0.2, 0.25) is 5.91 Å². The summed E-state index contributed by atoms with van der Waals surface area (Å²) in [7, 11) is -4.78. The second-order valence-electron chi connectivity index (χ2n) is 17.3. The van der Waals surface area contributed by atoms with E-state index >= 15 is 0 Å². The second-order valence-corrected chi connectivity index (χ2v) is 18.8. The number of hydrogen-bond donors (Lipinski definition) is 4. The predicted octanol–water partition coefficient (Wildman–Crippen LogP) is 15.1. The standard InChI is InChI=1S/C58H94NO10P/c1-3-5-7-9-11-13-15-17-19-21-23-25-27-29-31-33-35-37-39-41-43-45-47-49-56(61)59-55(58(63)64)53-69-70(65,66)68-52-54(60)51-67-57(62)50-48-46-44-42-40-38-36-34-32-30-28-26-24-22-20-18-16-14-12-10-8-6-4-2/h5-8,11-14,17-20,23-26,29-32,54-55,60H,3-4,9-10,15-16,21-22,27-28,33-53H2,1-2H3,(H,59,61)(H,63,64)(H,65,66)/b7-5-,8-6-,13-11-,14-12-,19-17-,20-18-,25-23-,26-24-,31-29-,32-30-. The van der Waals surface area contributed by atoms with Crippen molar-refractivity contribution < 1.29 is 47.8 Å². The fourth-order valence-corrected chi connectivity index (χ4v) is 7.49. The van der Waals surface area contributed by atoms with Crippen LogP contribution < -0.4 is 5.32 Å². The molecule has 0 bridgehead atoms. The van der Waals surface area contributed by atoms with Crippen LogP contribution in [0.2, 0.25) is 0 Å². The third kappa shape index (κ3) is 50.3. The maximum absolute atomic E-state index is 12.4. The summed E-state index contributed by atoms with van der Waals surface area (Å²) in [6, 6.07) is -1.56. The van der Waals surface area contributed by atoms with E-state index in [1.165, 1.54) is 6.42 Å². The summed E-state index contributed by atoms with van der Waals surface area (Å²) in [5.41, 5.74) is 0. The average Bonchev–Trinajstić information content (AvgIpc) is 3.34. The first-order chi connectivity index (χ1) is 34.1. The lowest BCUT2D eigenvalue weighted by Crippen LogP contribution is -2.43. The van der Waals surface area contributed by atoms with Gasteiger partial charge in [-0.2, -0.15) is 0 Å². The largest absolute Gasteiger partial charge is 0.480 e. The van der Waals surface area contributed by atoms with Gasteiger partial charge in [0.25, 0.3) is 0 Å². The monoisotopic (exact) mass is 996 g/mol. The van der Waals surface area contributed by atoms with Gasteiger partial charge in [-0.3, -0.25) is 18.6 Å². The molecule has 0 radical (unpaired) electrons. The van der Waals surface area contributed by atoms with Crippen molar-refractivity contribution >= 4 is 25.7 Å². The number of amides is 1. The van der Waals surface area contributed by atoms with Crippen molar-refractivity contribution in [3.8, 4) is 0 Å². The Morgan fingerprint density at radius 1 is 0.457 bits per heavy atom. The summed E-state index contributed by atoms with van der Waals surface area (Å²) < 4.78 is 27.0. The van der Waals surface area contributed by atoms with Crippen LogP contribution in [0.1, 0.15) is 194 Å². The molecule has 0 aliphatic heterocycles. The molecule has 3 unspecified atom stereocenters. The molecule has 70 heavy (non-hydrogen) atoms. The molecular formula is C58H94NO10P. The lowest BCUT2D eigenvalue weighted by molar-refractivity contribution is -0.147. The summed E-state index contributed by atoms with van der Waals surface area (Å²) in [5, 5.41) is 22.0. The van der Waals surface area contributed by atoms with Crippen LogP contribution in [0.5, 0.6) is 0 Å². The molecule has 0 aliphatic rings. The fourth-order valence-electron chi connectivity index (χ4n) is 6.72. The molecule has 0 aromatic heterocycles. The number of carbonyl (C=O) groups excluding carboxylic acids is 2. The van der Waals surface area contributed by atoms with E-state index in [2.05, 4.69) is 141 Å². The Labute approximate surface area is 424 Å². The average molecular weight is 996 g/mol. The second kappa shape index (κ2) is 51.2. The highest BCUT2D eigenvalue weighted by Gasteiger charge is 2.28. The van der Waals surface area contributed by atoms with Gasteiger partial charge >= 0.3 is 19.8 Å². The molecule has 0 aromatic rings. The predicted molar refractivity (Wildman–Crippen MR) is 290 cm³/mol. The number of phosphoric acid groups is 1. The van der Waals surface area contributed by atoms with Gasteiger partial charge in [-0.15, -0.1) is 0 Å². The number of nitrogens with one attached hydrogen (secondary N) is 1. The number of esters is 1. The molecule has 0 saturated carbocycles. The third-order valence-corrected chi connectivity index (χ3v) is 11.7. The zero-order valence-corrected chi connectivity index (χ0v) is 44.2. The number of phosphoric ester groups is 1. The molecule has 396 valence electrons. The number of allylic oxidation sites excluding steroid dienone is 20. The fraction of sp³-hybridized carbons (Fsp3) is 0.603. The summed E-state index contributed by atoms with van der Waals surface area (Å²) >= 11 is 0. The van der Waals surface area contributed by atoms with Crippen LogP contribution in [0.15, 0.2) is 122 Å². The maximum atomic E-state index is 12.4. The van der Waals surface area contributed by atoms with Crippen LogP contribution in [-0.4, -0.2) is 64.9 Å². The van der Waals surface area contributed by atoms with Gasteiger partial charge in [-0.25, -0.2) is 9.36 Å². The normalized spacial score (nSPS) is 14.5. The topological polar surface area (TPSA) is 169 Å². The zero-order valence-electron chi connectivity index (χ0n) is 43.3. The Morgan fingerprint density at radius 3 is 1.17 bits per heavy atom. The minimum atomic E-state index is -4.78. The van der Waals surface area contributed by atoms with Crippen molar-refractivity contribution in [1.82, 2.24) is 5.32 Å². The zero-order chi connectivity index (χ0) is 51.3. The molecule has 3 atom stereocenters. The van der Waals surface area contributed by atoms with Gasteiger partial charge in [0, 0.05) is 12.8 Å². The van der Waals surface area contributed by atoms with E-state index in [1.807, 2.05) is 0 Å². The van der Waals surface area contributed by atoms with Crippen LogP contribution in [0.4, 0.5) is 0 Å². The van der Waals surface area contributed by atoms with Gasteiger partial charge in [0.05, 0.1) is 13.2 Å². The molecular weight excluding hydrogens is 902 g/mol. The lowest BCUT2D eigenvalue weighted by Gasteiger charge is -2.18. The van der Waals surface area contributed by atoms with E-state index in [0.717, 1.165) is 148 Å². The summed E-state index contributed by atoms with van der Waals surface area (Å²) in [4.78, 5) is 46.2. The van der Waals surface area contributed by atoms with E-state index in [1.54, 1.807) is 0 Å². The van der Waals surface area contributed by atoms with Crippen LogP contribution in [0, 0.1) is 0 Å². The van der Waals surface area contributed by atoms with Crippen molar-refractivity contribution in [2.45, 2.75) is 206 Å². The third-order valence-electron chi connectivity index (χ3n) is 10.7. The van der Waals surface area contributed by atoms with Crippen LogP contribution in [-0.2, 0) is 32.7 Å². The van der Waals surface area contributed by atoms with Crippen molar-refractivity contribution in [3.05, 3.63) is 122 Å². The molecule has 0 rings (SSSR count). The number of carboxylic acid groups (broad SMARTS) is 1. The van der Waals surface area contributed by atoms with E-state index in [4.69, 9.17) is 13.8 Å².